The van der Waals surface area contributed by atoms with Crippen molar-refractivity contribution in [3.05, 3.63) is 21.7 Å². The molecule has 0 aliphatic heterocycles. The van der Waals surface area contributed by atoms with Gasteiger partial charge in [0.05, 0.1) is 10.2 Å². The number of aromatic nitrogens is 4. The molecular weight excluding hydrogens is 244 g/mol. The lowest BCUT2D eigenvalue weighted by Gasteiger charge is -2.05. The number of halogens is 1. The summed E-state index contributed by atoms with van der Waals surface area (Å²) in [5.74, 6) is 1.63. The molecule has 74 valence electrons. The molecule has 0 atom stereocenters. The molecule has 0 aromatic carbocycles. The zero-order chi connectivity index (χ0) is 10.3. The van der Waals surface area contributed by atoms with Crippen LogP contribution in [-0.2, 0) is 6.42 Å². The van der Waals surface area contributed by atoms with Crippen molar-refractivity contribution >= 4 is 21.7 Å². The molecule has 14 heavy (non-hydrogen) atoms. The van der Waals surface area contributed by atoms with Gasteiger partial charge in [0.1, 0.15) is 5.82 Å². The molecule has 0 fully saturated rings. The third-order valence-corrected chi connectivity index (χ3v) is 3.42. The van der Waals surface area contributed by atoms with Gasteiger partial charge < -0.3 is 0 Å². The molecule has 0 saturated carbocycles. The molecule has 2 aromatic rings. The van der Waals surface area contributed by atoms with Crippen molar-refractivity contribution in [1.82, 2.24) is 19.6 Å². The maximum atomic E-state index is 4.35. The van der Waals surface area contributed by atoms with Crippen molar-refractivity contribution in [3.63, 3.8) is 0 Å². The summed E-state index contributed by atoms with van der Waals surface area (Å²) in [4.78, 5) is 4.35. The van der Waals surface area contributed by atoms with Crippen LogP contribution in [0, 0.1) is 13.8 Å². The zero-order valence-corrected chi connectivity index (χ0v) is 9.96. The van der Waals surface area contributed by atoms with E-state index in [9.17, 15) is 0 Å². The standard InChI is InChI=1S/C9H11BrN4/c1-4-7-12-13-9-11-5(2)8(10)6(3)14(7)9/h4H2,1-3H3. The molecule has 0 aliphatic rings. The second kappa shape index (κ2) is 3.31. The van der Waals surface area contributed by atoms with Crippen LogP contribution in [0.25, 0.3) is 5.78 Å². The van der Waals surface area contributed by atoms with Crippen LogP contribution in [0.3, 0.4) is 0 Å². The molecule has 0 saturated heterocycles. The molecule has 0 amide bonds. The summed E-state index contributed by atoms with van der Waals surface area (Å²) < 4.78 is 3.01. The molecule has 5 heteroatoms. The summed E-state index contributed by atoms with van der Waals surface area (Å²) in [5, 5.41) is 8.12. The molecule has 2 aromatic heterocycles. The largest absolute Gasteiger partial charge is 0.266 e. The van der Waals surface area contributed by atoms with E-state index >= 15 is 0 Å². The van der Waals surface area contributed by atoms with E-state index in [1.54, 1.807) is 0 Å². The summed E-state index contributed by atoms with van der Waals surface area (Å²) in [6, 6.07) is 0. The molecule has 0 unspecified atom stereocenters. The first-order valence-corrected chi connectivity index (χ1v) is 5.31. The predicted octanol–water partition coefficient (Wildman–Crippen LogP) is 2.07. The van der Waals surface area contributed by atoms with Crippen molar-refractivity contribution in [2.75, 3.05) is 0 Å². The maximum Gasteiger partial charge on any atom is 0.255 e. The van der Waals surface area contributed by atoms with Crippen molar-refractivity contribution < 1.29 is 0 Å². The smallest absolute Gasteiger partial charge is 0.255 e. The van der Waals surface area contributed by atoms with E-state index in [2.05, 4.69) is 38.0 Å². The topological polar surface area (TPSA) is 43.1 Å². The average molecular weight is 255 g/mol. The van der Waals surface area contributed by atoms with Gasteiger partial charge in [-0.25, -0.2) is 4.98 Å². The minimum atomic E-state index is 0.681. The van der Waals surface area contributed by atoms with Gasteiger partial charge in [-0.1, -0.05) is 6.92 Å². The van der Waals surface area contributed by atoms with E-state index in [1.165, 1.54) is 0 Å². The lowest BCUT2D eigenvalue weighted by atomic mass is 10.3. The van der Waals surface area contributed by atoms with E-state index in [0.717, 1.165) is 28.1 Å². The van der Waals surface area contributed by atoms with Gasteiger partial charge in [-0.05, 0) is 29.8 Å². The molecule has 0 radical (unpaired) electrons. The summed E-state index contributed by atoms with van der Waals surface area (Å²) in [5.41, 5.74) is 2.06. The van der Waals surface area contributed by atoms with Crippen molar-refractivity contribution in [3.8, 4) is 0 Å². The Bertz CT molecular complexity index is 489. The van der Waals surface area contributed by atoms with Gasteiger partial charge in [-0.2, -0.15) is 0 Å². The number of rotatable bonds is 1. The number of hydrogen-bond acceptors (Lipinski definition) is 3. The molecule has 2 rings (SSSR count). The van der Waals surface area contributed by atoms with E-state index in [1.807, 2.05) is 18.2 Å². The monoisotopic (exact) mass is 254 g/mol. The van der Waals surface area contributed by atoms with Crippen LogP contribution in [0.5, 0.6) is 0 Å². The summed E-state index contributed by atoms with van der Waals surface area (Å²) in [7, 11) is 0. The van der Waals surface area contributed by atoms with E-state index in [0.29, 0.717) is 5.78 Å². The first kappa shape index (κ1) is 9.58. The average Bonchev–Trinajstić information content (AvgIpc) is 2.57. The molecule has 2 heterocycles. The highest BCUT2D eigenvalue weighted by atomic mass is 79.9. The summed E-state index contributed by atoms with van der Waals surface area (Å²) in [6.07, 6.45) is 0.860. The Balaban J connectivity index is 2.88. The van der Waals surface area contributed by atoms with E-state index in [4.69, 9.17) is 0 Å². The fourth-order valence-corrected chi connectivity index (χ4v) is 1.78. The number of hydrogen-bond donors (Lipinski definition) is 0. The molecule has 0 bridgehead atoms. The summed E-state index contributed by atoms with van der Waals surface area (Å²) in [6.45, 7) is 6.05. The van der Waals surface area contributed by atoms with Gasteiger partial charge in [0.25, 0.3) is 5.78 Å². The lowest BCUT2D eigenvalue weighted by molar-refractivity contribution is 0.880. The molecule has 4 nitrogen and oxygen atoms in total. The SMILES string of the molecule is CCc1nnc2nc(C)c(Br)c(C)n12. The Morgan fingerprint density at radius 1 is 1.29 bits per heavy atom. The van der Waals surface area contributed by atoms with Gasteiger partial charge >= 0.3 is 0 Å². The minimum Gasteiger partial charge on any atom is -0.266 e. The van der Waals surface area contributed by atoms with E-state index in [-0.39, 0.29) is 0 Å². The Hall–Kier alpha value is -0.970. The highest BCUT2D eigenvalue weighted by Gasteiger charge is 2.11. The van der Waals surface area contributed by atoms with Crippen LogP contribution in [-0.4, -0.2) is 19.6 Å². The molecule has 0 N–H and O–H groups in total. The van der Waals surface area contributed by atoms with Gasteiger partial charge in [0.2, 0.25) is 0 Å². The third kappa shape index (κ3) is 1.23. The Morgan fingerprint density at radius 2 is 2.00 bits per heavy atom. The maximum absolute atomic E-state index is 4.35. The van der Waals surface area contributed by atoms with Gasteiger partial charge in [0, 0.05) is 12.1 Å². The van der Waals surface area contributed by atoms with Crippen LogP contribution < -0.4 is 0 Å². The first-order chi connectivity index (χ1) is 6.65. The molecule has 0 aliphatic carbocycles. The Labute approximate surface area is 90.5 Å². The number of fused-ring (bicyclic) bond motifs is 1. The van der Waals surface area contributed by atoms with Crippen molar-refractivity contribution in [1.29, 1.82) is 0 Å². The van der Waals surface area contributed by atoms with Crippen LogP contribution in [0.1, 0.15) is 24.1 Å². The van der Waals surface area contributed by atoms with Crippen LogP contribution >= 0.6 is 15.9 Å². The molecule has 0 spiro atoms. The van der Waals surface area contributed by atoms with Crippen LogP contribution in [0.15, 0.2) is 4.47 Å². The van der Waals surface area contributed by atoms with Crippen molar-refractivity contribution in [2.45, 2.75) is 27.2 Å². The Kier molecular flexibility index (Phi) is 2.26. The number of aryl methyl sites for hydroxylation is 3. The first-order valence-electron chi connectivity index (χ1n) is 4.51. The second-order valence-electron chi connectivity index (χ2n) is 3.20. The normalized spacial score (nSPS) is 11.1. The highest BCUT2D eigenvalue weighted by Crippen LogP contribution is 2.20. The minimum absolute atomic E-state index is 0.681. The van der Waals surface area contributed by atoms with Gasteiger partial charge in [-0.3, -0.25) is 4.40 Å². The van der Waals surface area contributed by atoms with Gasteiger partial charge in [0.15, 0.2) is 0 Å². The second-order valence-corrected chi connectivity index (χ2v) is 3.99. The third-order valence-electron chi connectivity index (χ3n) is 2.27. The number of nitrogens with zero attached hydrogens (tertiary/aromatic N) is 4. The highest BCUT2D eigenvalue weighted by molar-refractivity contribution is 9.10. The van der Waals surface area contributed by atoms with Crippen LogP contribution in [0.2, 0.25) is 0 Å². The lowest BCUT2D eigenvalue weighted by Crippen LogP contribution is -2.01. The quantitative estimate of drug-likeness (QED) is 0.783. The Morgan fingerprint density at radius 3 is 2.64 bits per heavy atom. The summed E-state index contributed by atoms with van der Waals surface area (Å²) >= 11 is 3.51. The van der Waals surface area contributed by atoms with Crippen molar-refractivity contribution in [2.24, 2.45) is 0 Å². The fourth-order valence-electron chi connectivity index (χ4n) is 1.51. The molecular formula is C9H11BrN4. The van der Waals surface area contributed by atoms with E-state index < -0.39 is 0 Å². The predicted molar refractivity (Wildman–Crippen MR) is 57.3 cm³/mol. The van der Waals surface area contributed by atoms with Gasteiger partial charge in [-0.15, -0.1) is 10.2 Å². The fraction of sp³-hybridized carbons (Fsp3) is 0.444. The zero-order valence-electron chi connectivity index (χ0n) is 8.37. The van der Waals surface area contributed by atoms with Crippen LogP contribution in [0.4, 0.5) is 0 Å².